The summed E-state index contributed by atoms with van der Waals surface area (Å²) in [5.41, 5.74) is 3.59. The van der Waals surface area contributed by atoms with Crippen molar-refractivity contribution in [3.63, 3.8) is 0 Å². The van der Waals surface area contributed by atoms with Gasteiger partial charge in [-0.25, -0.2) is 0 Å². The average molecular weight is 383 g/mol. The van der Waals surface area contributed by atoms with Crippen LogP contribution in [0.2, 0.25) is 0 Å². The highest BCUT2D eigenvalue weighted by Crippen LogP contribution is 2.31. The van der Waals surface area contributed by atoms with Crippen LogP contribution >= 0.6 is 0 Å². The molecule has 0 spiro atoms. The molecule has 6 heteroatoms. The molecule has 0 aliphatic carbocycles. The third-order valence-electron chi connectivity index (χ3n) is 5.26. The van der Waals surface area contributed by atoms with Gasteiger partial charge in [0.1, 0.15) is 0 Å². The van der Waals surface area contributed by atoms with Crippen molar-refractivity contribution in [2.45, 2.75) is 13.8 Å². The van der Waals surface area contributed by atoms with Crippen molar-refractivity contribution >= 4 is 17.3 Å². The van der Waals surface area contributed by atoms with Gasteiger partial charge in [0.2, 0.25) is 0 Å². The lowest BCUT2D eigenvalue weighted by Gasteiger charge is -2.36. The summed E-state index contributed by atoms with van der Waals surface area (Å²) in [5.74, 6) is 0.747. The second kappa shape index (κ2) is 8.97. The maximum atomic E-state index is 12.8. The van der Waals surface area contributed by atoms with Gasteiger partial charge in [-0.05, 0) is 49.4 Å². The number of anilines is 2. The molecule has 150 valence electrons. The van der Waals surface area contributed by atoms with Crippen molar-refractivity contribution in [1.29, 1.82) is 0 Å². The fourth-order valence-corrected chi connectivity index (χ4v) is 3.66. The van der Waals surface area contributed by atoms with Gasteiger partial charge in [-0.3, -0.25) is 4.79 Å². The van der Waals surface area contributed by atoms with E-state index in [-0.39, 0.29) is 5.91 Å². The van der Waals surface area contributed by atoms with E-state index in [9.17, 15) is 4.79 Å². The zero-order valence-corrected chi connectivity index (χ0v) is 17.1. The molecule has 1 saturated heterocycles. The van der Waals surface area contributed by atoms with E-state index in [1.165, 1.54) is 12.8 Å². The lowest BCUT2D eigenvalue weighted by Crippen LogP contribution is -2.46. The van der Waals surface area contributed by atoms with Gasteiger partial charge in [-0.1, -0.05) is 13.0 Å². The number of methoxy groups -OCH3 is 2. The average Bonchev–Trinajstić information content (AvgIpc) is 2.73. The summed E-state index contributed by atoms with van der Waals surface area (Å²) in [6.07, 6.45) is 0. The number of benzene rings is 2. The summed E-state index contributed by atoms with van der Waals surface area (Å²) >= 11 is 0. The van der Waals surface area contributed by atoms with Crippen LogP contribution in [0.4, 0.5) is 11.4 Å². The second-order valence-corrected chi connectivity index (χ2v) is 6.92. The van der Waals surface area contributed by atoms with Crippen molar-refractivity contribution in [3.8, 4) is 11.5 Å². The van der Waals surface area contributed by atoms with Gasteiger partial charge < -0.3 is 24.6 Å². The smallest absolute Gasteiger partial charge is 0.259 e. The van der Waals surface area contributed by atoms with E-state index in [2.05, 4.69) is 35.0 Å². The predicted molar refractivity (Wildman–Crippen MR) is 113 cm³/mol. The van der Waals surface area contributed by atoms with E-state index in [4.69, 9.17) is 9.47 Å². The Morgan fingerprint density at radius 1 is 1.07 bits per heavy atom. The number of carbonyl (C=O) groups excluding carboxylic acids is 1. The topological polar surface area (TPSA) is 54.0 Å². The molecule has 28 heavy (non-hydrogen) atoms. The number of amides is 1. The molecule has 2 aromatic carbocycles. The van der Waals surface area contributed by atoms with Crippen LogP contribution in [0.5, 0.6) is 11.5 Å². The fourth-order valence-electron chi connectivity index (χ4n) is 3.66. The summed E-state index contributed by atoms with van der Waals surface area (Å²) < 4.78 is 10.7. The lowest BCUT2D eigenvalue weighted by molar-refractivity contribution is 0.102. The number of hydrogen-bond acceptors (Lipinski definition) is 5. The summed E-state index contributed by atoms with van der Waals surface area (Å²) in [6.45, 7) is 9.63. The number of para-hydroxylation sites is 1. The van der Waals surface area contributed by atoms with Gasteiger partial charge in [0.15, 0.2) is 11.5 Å². The number of nitrogens with one attached hydrogen (secondary N) is 1. The molecule has 1 aliphatic heterocycles. The summed E-state index contributed by atoms with van der Waals surface area (Å²) in [4.78, 5) is 17.6. The van der Waals surface area contributed by atoms with Crippen LogP contribution in [0.3, 0.4) is 0 Å². The molecule has 1 fully saturated rings. The highest BCUT2D eigenvalue weighted by Gasteiger charge is 2.19. The predicted octanol–water partition coefficient (Wildman–Crippen LogP) is 3.41. The van der Waals surface area contributed by atoms with E-state index in [1.807, 2.05) is 12.1 Å². The molecule has 2 aromatic rings. The maximum Gasteiger partial charge on any atom is 0.259 e. The van der Waals surface area contributed by atoms with Gasteiger partial charge >= 0.3 is 0 Å². The minimum Gasteiger partial charge on any atom is -0.493 e. The second-order valence-electron chi connectivity index (χ2n) is 6.92. The molecule has 1 amide bonds. The molecule has 0 aromatic heterocycles. The Morgan fingerprint density at radius 3 is 2.43 bits per heavy atom. The number of likely N-dealkylation sites (N-methyl/N-ethyl adjacent to an activating group) is 1. The Balaban J connectivity index is 1.74. The van der Waals surface area contributed by atoms with Crippen LogP contribution in [-0.2, 0) is 0 Å². The number of hydrogen-bond donors (Lipinski definition) is 1. The molecule has 0 bridgehead atoms. The number of rotatable bonds is 6. The molecule has 1 N–H and O–H groups in total. The quantitative estimate of drug-likeness (QED) is 0.829. The van der Waals surface area contributed by atoms with E-state index in [0.717, 1.165) is 44.0 Å². The van der Waals surface area contributed by atoms with Gasteiger partial charge in [-0.15, -0.1) is 0 Å². The highest BCUT2D eigenvalue weighted by molar-refractivity contribution is 6.06. The first-order valence-corrected chi connectivity index (χ1v) is 9.67. The van der Waals surface area contributed by atoms with Crippen LogP contribution in [0.25, 0.3) is 0 Å². The summed E-state index contributed by atoms with van der Waals surface area (Å²) in [6, 6.07) is 11.3. The molecular formula is C22H29N3O3. The Morgan fingerprint density at radius 2 is 1.82 bits per heavy atom. The van der Waals surface area contributed by atoms with E-state index < -0.39 is 0 Å². The molecule has 0 radical (unpaired) electrons. The summed E-state index contributed by atoms with van der Waals surface area (Å²) in [7, 11) is 3.09. The molecule has 0 saturated carbocycles. The highest BCUT2D eigenvalue weighted by atomic mass is 16.5. The first-order chi connectivity index (χ1) is 13.6. The van der Waals surface area contributed by atoms with Gasteiger partial charge in [-0.2, -0.15) is 0 Å². The zero-order valence-electron chi connectivity index (χ0n) is 17.1. The van der Waals surface area contributed by atoms with Crippen LogP contribution in [0.15, 0.2) is 36.4 Å². The summed E-state index contributed by atoms with van der Waals surface area (Å²) in [5, 5.41) is 2.97. The number of carbonyl (C=O) groups is 1. The Labute approximate surface area is 167 Å². The molecule has 1 heterocycles. The monoisotopic (exact) mass is 383 g/mol. The first-order valence-electron chi connectivity index (χ1n) is 9.67. The van der Waals surface area contributed by atoms with Gasteiger partial charge in [0.25, 0.3) is 5.91 Å². The van der Waals surface area contributed by atoms with Gasteiger partial charge in [0, 0.05) is 37.6 Å². The zero-order chi connectivity index (χ0) is 20.1. The van der Waals surface area contributed by atoms with E-state index in [0.29, 0.717) is 17.1 Å². The van der Waals surface area contributed by atoms with Crippen LogP contribution in [0.1, 0.15) is 22.8 Å². The fraction of sp³-hybridized carbons (Fsp3) is 0.409. The normalized spacial score (nSPS) is 14.6. The SMILES string of the molecule is CCN1CCN(c2ccc(NC(=O)c3cccc(OC)c3OC)cc2C)CC1. The molecule has 3 rings (SSSR count). The van der Waals surface area contributed by atoms with E-state index in [1.54, 1.807) is 25.3 Å². The first kappa shape index (κ1) is 20.0. The molecular weight excluding hydrogens is 354 g/mol. The minimum atomic E-state index is -0.223. The third-order valence-corrected chi connectivity index (χ3v) is 5.26. The molecule has 1 aliphatic rings. The molecule has 0 unspecified atom stereocenters. The van der Waals surface area contributed by atoms with Crippen molar-refractivity contribution in [3.05, 3.63) is 47.5 Å². The Hall–Kier alpha value is -2.73. The van der Waals surface area contributed by atoms with Crippen molar-refractivity contribution in [1.82, 2.24) is 4.90 Å². The van der Waals surface area contributed by atoms with Crippen LogP contribution in [0, 0.1) is 6.92 Å². The Kier molecular flexibility index (Phi) is 6.41. The Bertz CT molecular complexity index is 830. The lowest BCUT2D eigenvalue weighted by atomic mass is 10.1. The molecule has 0 atom stereocenters. The molecule has 6 nitrogen and oxygen atoms in total. The standard InChI is InChI=1S/C22H29N3O3/c1-5-24-11-13-25(14-12-24)19-10-9-17(15-16(19)2)23-22(26)18-7-6-8-20(27-3)21(18)28-4/h6-10,15H,5,11-14H2,1-4H3,(H,23,26). The largest absolute Gasteiger partial charge is 0.493 e. The van der Waals surface area contributed by atoms with Crippen molar-refractivity contribution in [2.24, 2.45) is 0 Å². The van der Waals surface area contributed by atoms with Gasteiger partial charge in [0.05, 0.1) is 19.8 Å². The van der Waals surface area contributed by atoms with Crippen molar-refractivity contribution < 1.29 is 14.3 Å². The van der Waals surface area contributed by atoms with Crippen LogP contribution < -0.4 is 19.7 Å². The number of aryl methyl sites for hydroxylation is 1. The number of piperazine rings is 1. The van der Waals surface area contributed by atoms with Crippen LogP contribution in [-0.4, -0.2) is 57.8 Å². The minimum absolute atomic E-state index is 0.223. The van der Waals surface area contributed by atoms with Crippen molar-refractivity contribution in [2.75, 3.05) is 57.2 Å². The number of ether oxygens (including phenoxy) is 2. The maximum absolute atomic E-state index is 12.8. The third kappa shape index (κ3) is 4.22. The van der Waals surface area contributed by atoms with E-state index >= 15 is 0 Å². The number of nitrogens with zero attached hydrogens (tertiary/aromatic N) is 2.